The molecular weight excluding hydrogens is 1510 g/mol. The first-order valence-corrected chi connectivity index (χ1v) is 49.8. The Kier molecular flexibility index (Phi) is 86.7. The van der Waals surface area contributed by atoms with Gasteiger partial charge in [0.1, 0.15) is 25.4 Å². The van der Waals surface area contributed by atoms with Crippen molar-refractivity contribution in [2.45, 2.75) is 411 Å². The van der Waals surface area contributed by atoms with Crippen LogP contribution in [0.2, 0.25) is 0 Å². The average molecular weight is 1680 g/mol. The Labute approximate surface area is 714 Å². The quantitative estimate of drug-likeness (QED) is 0.0146. The molecule has 0 bridgehead atoms. The van der Waals surface area contributed by atoms with Gasteiger partial charge in [-0.2, -0.15) is 0 Å². The van der Waals surface area contributed by atoms with E-state index in [1.807, 2.05) is 12.2 Å². The van der Waals surface area contributed by atoms with Crippen LogP contribution in [0, 0.1) is 0 Å². The van der Waals surface area contributed by atoms with E-state index >= 15 is 0 Å². The summed E-state index contributed by atoms with van der Waals surface area (Å²) >= 11 is 0. The van der Waals surface area contributed by atoms with Gasteiger partial charge in [0.2, 0.25) is 0 Å². The number of phosphoric acid groups is 2. The van der Waals surface area contributed by atoms with Crippen LogP contribution in [-0.2, 0) is 55.8 Å². The molecule has 0 aromatic rings. The third-order valence-electron chi connectivity index (χ3n) is 19.7. The lowest BCUT2D eigenvalue weighted by Gasteiger charge is -2.21. The highest BCUT2D eigenvalue weighted by Crippen LogP contribution is 2.45. The van der Waals surface area contributed by atoms with Gasteiger partial charge in [-0.05, 0) is 148 Å². The number of aliphatic hydroxyl groups excluding tert-OH is 2. The van der Waals surface area contributed by atoms with Gasteiger partial charge in [0.15, 0.2) is 6.10 Å². The molecule has 5 unspecified atom stereocenters. The maximum absolute atomic E-state index is 13.0. The fraction of sp³-hybridized carbons (Fsp3) is 0.707. The Morgan fingerprint density at radius 1 is 0.248 bits per heavy atom. The van der Waals surface area contributed by atoms with Crippen molar-refractivity contribution in [3.63, 3.8) is 0 Å². The first-order valence-electron chi connectivity index (χ1n) is 46.8. The maximum Gasteiger partial charge on any atom is 0.472 e. The SMILES string of the molecule is CC/C=C\C/C=C\C/C=C\C/C=C\C/C=C\CCCC(=O)OC(COC(=O)CCCCCCCCCCCCCCC/C=C\C/C=C\C/C=C\C/C=C\CCCCC)COP(=O)(O)OCC(O)COP(=O)(O)OCC(O)COC(=O)CCCCCCCCCCCCCCCCCCCCC/C=C\C/C=C\C/C=C\C/C=C\CCCCC. The third-order valence-corrected chi connectivity index (χ3v) is 21.6. The lowest BCUT2D eigenvalue weighted by atomic mass is 10.0. The molecule has 0 aromatic carbocycles. The fourth-order valence-electron chi connectivity index (χ4n) is 12.6. The van der Waals surface area contributed by atoms with Gasteiger partial charge in [-0.3, -0.25) is 32.5 Å². The van der Waals surface area contributed by atoms with Crippen LogP contribution in [0.5, 0.6) is 0 Å². The van der Waals surface area contributed by atoms with Crippen LogP contribution in [0.15, 0.2) is 158 Å². The minimum absolute atomic E-state index is 0.0231. The molecule has 672 valence electrons. The molecule has 18 heteroatoms. The summed E-state index contributed by atoms with van der Waals surface area (Å²) in [6.07, 6.45) is 116. The Balaban J connectivity index is 4.49. The average Bonchev–Trinajstić information content (AvgIpc) is 0.907. The Hall–Kier alpha value is -4.83. The number of hydrogen-bond donors (Lipinski definition) is 4. The zero-order valence-electron chi connectivity index (χ0n) is 74.1. The predicted molar refractivity (Wildman–Crippen MR) is 491 cm³/mol. The maximum atomic E-state index is 13.0. The van der Waals surface area contributed by atoms with Crippen LogP contribution in [0.4, 0.5) is 0 Å². The van der Waals surface area contributed by atoms with E-state index in [0.717, 1.165) is 122 Å². The van der Waals surface area contributed by atoms with Crippen LogP contribution < -0.4 is 0 Å². The van der Waals surface area contributed by atoms with Crippen LogP contribution in [-0.4, -0.2) is 95.9 Å². The van der Waals surface area contributed by atoms with E-state index in [0.29, 0.717) is 25.7 Å². The van der Waals surface area contributed by atoms with Crippen LogP contribution >= 0.6 is 15.6 Å². The zero-order chi connectivity index (χ0) is 85.1. The lowest BCUT2D eigenvalue weighted by molar-refractivity contribution is -0.161. The smallest absolute Gasteiger partial charge is 0.463 e. The molecule has 0 fully saturated rings. The molecule has 0 aliphatic heterocycles. The summed E-state index contributed by atoms with van der Waals surface area (Å²) in [6, 6.07) is 0. The Morgan fingerprint density at radius 3 is 0.744 bits per heavy atom. The Morgan fingerprint density at radius 2 is 0.462 bits per heavy atom. The van der Waals surface area contributed by atoms with E-state index in [4.69, 9.17) is 32.3 Å². The number of carbonyl (C=O) groups is 3. The summed E-state index contributed by atoms with van der Waals surface area (Å²) in [5, 5.41) is 20.7. The van der Waals surface area contributed by atoms with Gasteiger partial charge in [-0.25, -0.2) is 9.13 Å². The van der Waals surface area contributed by atoms with Crippen LogP contribution in [0.3, 0.4) is 0 Å². The number of carbonyl (C=O) groups excluding carboxylic acids is 3. The van der Waals surface area contributed by atoms with Crippen LogP contribution in [0.25, 0.3) is 0 Å². The molecule has 0 spiro atoms. The molecule has 0 aliphatic carbocycles. The molecule has 5 atom stereocenters. The Bertz CT molecular complexity index is 2760. The van der Waals surface area contributed by atoms with Crippen LogP contribution in [0.1, 0.15) is 393 Å². The van der Waals surface area contributed by atoms with Gasteiger partial charge in [-0.15, -0.1) is 0 Å². The van der Waals surface area contributed by atoms with Crippen molar-refractivity contribution in [3.8, 4) is 0 Å². The lowest BCUT2D eigenvalue weighted by Crippen LogP contribution is -2.30. The summed E-state index contributed by atoms with van der Waals surface area (Å²) in [6.45, 7) is 2.48. The second kappa shape index (κ2) is 90.4. The topological polar surface area (TPSA) is 231 Å². The summed E-state index contributed by atoms with van der Waals surface area (Å²) in [4.78, 5) is 58.9. The molecule has 0 aromatic heterocycles. The molecule has 16 nitrogen and oxygen atoms in total. The second-order valence-corrected chi connectivity index (χ2v) is 34.0. The van der Waals surface area contributed by atoms with Crippen molar-refractivity contribution in [2.24, 2.45) is 0 Å². The molecule has 0 aliphatic rings. The fourth-order valence-corrected chi connectivity index (χ4v) is 14.2. The number of unbranched alkanes of at least 4 members (excludes halogenated alkanes) is 39. The van der Waals surface area contributed by atoms with Gasteiger partial charge in [-0.1, -0.05) is 384 Å². The monoisotopic (exact) mass is 1680 g/mol. The molecule has 0 heterocycles. The minimum atomic E-state index is -4.96. The molecular formula is C99H170O16P2. The summed E-state index contributed by atoms with van der Waals surface area (Å²) < 4.78 is 61.4. The molecule has 4 N–H and O–H groups in total. The normalized spacial score (nSPS) is 14.5. The predicted octanol–water partition coefficient (Wildman–Crippen LogP) is 28.9. The van der Waals surface area contributed by atoms with E-state index in [2.05, 4.69) is 167 Å². The number of aliphatic hydroxyl groups is 2. The van der Waals surface area contributed by atoms with E-state index in [1.165, 1.54) is 205 Å². The molecule has 0 rings (SSSR count). The highest BCUT2D eigenvalue weighted by Gasteiger charge is 2.29. The summed E-state index contributed by atoms with van der Waals surface area (Å²) in [5.41, 5.74) is 0. The number of esters is 3. The first-order chi connectivity index (χ1) is 57.2. The zero-order valence-corrected chi connectivity index (χ0v) is 75.9. The number of ether oxygens (including phenoxy) is 3. The van der Waals surface area contributed by atoms with Crippen molar-refractivity contribution in [3.05, 3.63) is 158 Å². The number of hydrogen-bond acceptors (Lipinski definition) is 14. The van der Waals surface area contributed by atoms with E-state index in [9.17, 15) is 43.5 Å². The van der Waals surface area contributed by atoms with Crippen molar-refractivity contribution in [1.82, 2.24) is 0 Å². The van der Waals surface area contributed by atoms with Crippen molar-refractivity contribution < 1.29 is 75.8 Å². The van der Waals surface area contributed by atoms with Gasteiger partial charge < -0.3 is 34.2 Å². The van der Waals surface area contributed by atoms with Gasteiger partial charge in [0.25, 0.3) is 0 Å². The van der Waals surface area contributed by atoms with Gasteiger partial charge in [0.05, 0.1) is 26.4 Å². The summed E-state index contributed by atoms with van der Waals surface area (Å²) in [7, 11) is -9.83. The van der Waals surface area contributed by atoms with Crippen molar-refractivity contribution in [2.75, 3.05) is 39.6 Å². The molecule has 0 saturated heterocycles. The molecule has 0 amide bonds. The third kappa shape index (κ3) is 91.7. The highest BCUT2D eigenvalue weighted by atomic mass is 31.2. The van der Waals surface area contributed by atoms with Gasteiger partial charge in [0, 0.05) is 19.3 Å². The second-order valence-electron chi connectivity index (χ2n) is 31.1. The highest BCUT2D eigenvalue weighted by molar-refractivity contribution is 7.47. The van der Waals surface area contributed by atoms with Gasteiger partial charge >= 0.3 is 33.6 Å². The molecule has 0 radical (unpaired) electrons. The van der Waals surface area contributed by atoms with E-state index in [-0.39, 0.29) is 19.3 Å². The first kappa shape index (κ1) is 112. The molecule has 117 heavy (non-hydrogen) atoms. The van der Waals surface area contributed by atoms with E-state index < -0.39 is 91.5 Å². The van der Waals surface area contributed by atoms with Crippen molar-refractivity contribution in [1.29, 1.82) is 0 Å². The number of phosphoric ester groups is 2. The number of rotatable bonds is 88. The minimum Gasteiger partial charge on any atom is -0.463 e. The number of allylic oxidation sites excluding steroid dienone is 26. The van der Waals surface area contributed by atoms with E-state index in [1.54, 1.807) is 0 Å². The largest absolute Gasteiger partial charge is 0.472 e. The summed E-state index contributed by atoms with van der Waals surface area (Å²) in [5.74, 6) is -1.64. The standard InChI is InChI=1S/C99H170O16P2/c1-4-7-10-13-16-19-22-25-28-31-33-35-37-39-41-43-44-45-46-47-48-50-52-53-55-57-59-62-64-67-70-73-76-79-82-85-97(102)109-88-94(100)89-111-116(105,106)112-90-95(101)91-113-117(107,108)114-93-96(115-99(104)87-84-81-78-75-72-69-66-61-30-27-24-21-18-15-12-9-6-3)92-110-98(103)86-83-80-77-74-71-68-65-63-60-58-56-54-51-49-42-40-38-36-34-32-29-26-23-20-17-14-11-8-5-2/h9,12,16-21,25-30,33-36,39-42,66,69,75,78,94-96,100-101H,4-8,10-11,13-15,22-24,31-32,37-38,43-65,67-68,70-74,76-77,79-93H2,1-3H3,(H,105,106)(H,107,108)/b12-9-,19-16-,20-17-,21-18-,28-25-,29-26-,30-27-,35-33-,36-34-,41-39-,42-40-,69-66-,78-75-. The van der Waals surface area contributed by atoms with Crippen molar-refractivity contribution >= 4 is 33.6 Å². The molecule has 0 saturated carbocycles.